The van der Waals surface area contributed by atoms with Gasteiger partial charge in [-0.3, -0.25) is 0 Å². The van der Waals surface area contributed by atoms with E-state index in [1.165, 1.54) is 6.92 Å². The number of nitrogens with one attached hydrogen (secondary N) is 1. The van der Waals surface area contributed by atoms with Gasteiger partial charge in [0.05, 0.1) is 5.75 Å². The van der Waals surface area contributed by atoms with E-state index < -0.39 is 27.9 Å². The van der Waals surface area contributed by atoms with Gasteiger partial charge in [0.15, 0.2) is 0 Å². The fourth-order valence-corrected chi connectivity index (χ4v) is 0.539. The Bertz CT molecular complexity index is 282. The molecule has 0 atom stereocenters. The zero-order valence-electron chi connectivity index (χ0n) is 6.38. The van der Waals surface area contributed by atoms with Gasteiger partial charge in [-0.25, -0.2) is 13.2 Å². The van der Waals surface area contributed by atoms with Crippen LogP contribution in [0.4, 0.5) is 13.2 Å². The Hall–Kier alpha value is -0.830. The van der Waals surface area contributed by atoms with E-state index >= 15 is 0 Å². The van der Waals surface area contributed by atoms with Crippen molar-refractivity contribution in [3.63, 3.8) is 0 Å². The maximum absolute atomic E-state index is 11.4. The second-order valence-corrected chi connectivity index (χ2v) is 3.85. The van der Waals surface area contributed by atoms with Crippen LogP contribution in [0.1, 0.15) is 6.92 Å². The van der Waals surface area contributed by atoms with Gasteiger partial charge in [-0.05, 0) is 11.8 Å². The monoisotopic (exact) mass is 221 g/mol. The lowest BCUT2D eigenvalue weighted by Gasteiger charge is -2.06. The van der Waals surface area contributed by atoms with Gasteiger partial charge in [0, 0.05) is 0 Å². The summed E-state index contributed by atoms with van der Waals surface area (Å²) in [5.41, 5.74) is 0. The standard InChI is InChI=1S/C4H6F3NO4S/c1-2-13(10,11)8-12-3(9)4(5,6)7/h8H,2H2,1H3. The number of alkyl halides is 3. The molecule has 78 valence electrons. The van der Waals surface area contributed by atoms with Crippen molar-refractivity contribution in [3.8, 4) is 0 Å². The Labute approximate surface area is 71.9 Å². The molecule has 0 aromatic rings. The minimum atomic E-state index is -5.21. The Morgan fingerprint density at radius 1 is 1.46 bits per heavy atom. The molecule has 0 fully saturated rings. The molecule has 1 N–H and O–H groups in total. The van der Waals surface area contributed by atoms with Crippen LogP contribution in [0.3, 0.4) is 0 Å². The molecule has 0 bridgehead atoms. The van der Waals surface area contributed by atoms with E-state index in [4.69, 9.17) is 0 Å². The van der Waals surface area contributed by atoms with Crippen molar-refractivity contribution in [1.82, 2.24) is 4.89 Å². The van der Waals surface area contributed by atoms with Crippen molar-refractivity contribution >= 4 is 16.0 Å². The highest BCUT2D eigenvalue weighted by Crippen LogP contribution is 2.15. The summed E-state index contributed by atoms with van der Waals surface area (Å²) in [6.07, 6.45) is -5.21. The van der Waals surface area contributed by atoms with Crippen LogP contribution in [0, 0.1) is 0 Å². The summed E-state index contributed by atoms with van der Waals surface area (Å²) in [5.74, 6) is -3.09. The van der Waals surface area contributed by atoms with Crippen LogP contribution >= 0.6 is 0 Å². The van der Waals surface area contributed by atoms with E-state index in [-0.39, 0.29) is 0 Å². The molecule has 13 heavy (non-hydrogen) atoms. The largest absolute Gasteiger partial charge is 0.492 e. The molecule has 0 aliphatic heterocycles. The predicted octanol–water partition coefficient (Wildman–Crippen LogP) is -0.0538. The molecule has 0 heterocycles. The molecule has 0 radical (unpaired) electrons. The summed E-state index contributed by atoms with van der Waals surface area (Å²) in [6, 6.07) is 0. The molecule has 0 rings (SSSR count). The predicted molar refractivity (Wildman–Crippen MR) is 34.7 cm³/mol. The average molecular weight is 221 g/mol. The van der Waals surface area contributed by atoms with Crippen molar-refractivity contribution in [2.75, 3.05) is 5.75 Å². The van der Waals surface area contributed by atoms with Crippen molar-refractivity contribution in [2.45, 2.75) is 13.1 Å². The number of carbonyl (C=O) groups is 1. The number of hydrogen-bond donors (Lipinski definition) is 1. The van der Waals surface area contributed by atoms with E-state index in [0.29, 0.717) is 0 Å². The van der Waals surface area contributed by atoms with Gasteiger partial charge in [0.1, 0.15) is 0 Å². The fraction of sp³-hybridized carbons (Fsp3) is 0.750. The first kappa shape index (κ1) is 12.2. The van der Waals surface area contributed by atoms with E-state index in [1.807, 2.05) is 0 Å². The van der Waals surface area contributed by atoms with Gasteiger partial charge < -0.3 is 4.84 Å². The highest BCUT2D eigenvalue weighted by atomic mass is 32.2. The zero-order chi connectivity index (χ0) is 10.7. The molecular formula is C4H6F3NO4S. The first-order valence-corrected chi connectivity index (χ1v) is 4.61. The van der Waals surface area contributed by atoms with E-state index in [9.17, 15) is 26.4 Å². The molecule has 0 saturated carbocycles. The molecule has 0 aliphatic carbocycles. The summed E-state index contributed by atoms with van der Waals surface area (Å²) in [5, 5.41) is 0. The minimum absolute atomic E-state index is 0.488. The SMILES string of the molecule is CCS(=O)(=O)NOC(=O)C(F)(F)F. The van der Waals surface area contributed by atoms with Crippen LogP contribution in [0.5, 0.6) is 0 Å². The molecule has 9 heteroatoms. The average Bonchev–Trinajstić information content (AvgIpc) is 1.98. The van der Waals surface area contributed by atoms with E-state index in [2.05, 4.69) is 4.84 Å². The quantitative estimate of drug-likeness (QED) is 0.678. The molecule has 0 aromatic heterocycles. The maximum atomic E-state index is 11.4. The van der Waals surface area contributed by atoms with Crippen molar-refractivity contribution < 1.29 is 31.2 Å². The molecular weight excluding hydrogens is 215 g/mol. The van der Waals surface area contributed by atoms with Gasteiger partial charge in [-0.2, -0.15) is 13.2 Å². The summed E-state index contributed by atoms with van der Waals surface area (Å²) < 4.78 is 55.2. The van der Waals surface area contributed by atoms with Crippen molar-refractivity contribution in [2.24, 2.45) is 0 Å². The van der Waals surface area contributed by atoms with E-state index in [0.717, 1.165) is 4.89 Å². The summed E-state index contributed by atoms with van der Waals surface area (Å²) >= 11 is 0. The van der Waals surface area contributed by atoms with Crippen LogP contribution in [0.25, 0.3) is 0 Å². The normalized spacial score (nSPS) is 12.6. The number of carbonyl (C=O) groups excluding carboxylic acids is 1. The summed E-state index contributed by atoms with van der Waals surface area (Å²) in [6.45, 7) is 1.17. The second kappa shape index (κ2) is 3.92. The van der Waals surface area contributed by atoms with E-state index in [1.54, 1.807) is 0 Å². The molecule has 0 spiro atoms. The van der Waals surface area contributed by atoms with Crippen LogP contribution in [-0.2, 0) is 19.7 Å². The van der Waals surface area contributed by atoms with Gasteiger partial charge >= 0.3 is 12.1 Å². The third kappa shape index (κ3) is 4.68. The fourth-order valence-electron chi connectivity index (χ4n) is 0.218. The highest BCUT2D eigenvalue weighted by molar-refractivity contribution is 7.89. The van der Waals surface area contributed by atoms with Gasteiger partial charge in [0.25, 0.3) is 0 Å². The second-order valence-electron chi connectivity index (χ2n) is 1.87. The number of halogens is 3. The lowest BCUT2D eigenvalue weighted by atomic mass is 10.7. The van der Waals surface area contributed by atoms with Crippen LogP contribution in [-0.4, -0.2) is 26.3 Å². The maximum Gasteiger partial charge on any atom is 0.492 e. The third-order valence-corrected chi connectivity index (χ3v) is 1.97. The Morgan fingerprint density at radius 2 is 1.92 bits per heavy atom. The van der Waals surface area contributed by atoms with Gasteiger partial charge in [0.2, 0.25) is 10.0 Å². The topological polar surface area (TPSA) is 72.5 Å². The lowest BCUT2D eigenvalue weighted by molar-refractivity contribution is -0.203. The van der Waals surface area contributed by atoms with Crippen LogP contribution in [0.15, 0.2) is 0 Å². The Kier molecular flexibility index (Phi) is 3.67. The molecule has 0 amide bonds. The summed E-state index contributed by atoms with van der Waals surface area (Å²) in [7, 11) is -3.97. The highest BCUT2D eigenvalue weighted by Gasteiger charge is 2.42. The van der Waals surface area contributed by atoms with Crippen molar-refractivity contribution in [1.29, 1.82) is 0 Å². The molecule has 0 unspecified atom stereocenters. The minimum Gasteiger partial charge on any atom is -0.348 e. The third-order valence-electron chi connectivity index (χ3n) is 0.873. The molecule has 5 nitrogen and oxygen atoms in total. The summed E-state index contributed by atoms with van der Waals surface area (Å²) in [4.78, 5) is 14.2. The Morgan fingerprint density at radius 3 is 2.23 bits per heavy atom. The molecule has 0 aromatic carbocycles. The molecule has 0 aliphatic rings. The van der Waals surface area contributed by atoms with Gasteiger partial charge in [-0.15, -0.1) is 0 Å². The van der Waals surface area contributed by atoms with Crippen LogP contribution < -0.4 is 4.89 Å². The van der Waals surface area contributed by atoms with Crippen LogP contribution in [0.2, 0.25) is 0 Å². The van der Waals surface area contributed by atoms with Crippen molar-refractivity contribution in [3.05, 3.63) is 0 Å². The first-order valence-electron chi connectivity index (χ1n) is 2.96. The Balaban J connectivity index is 4.14. The lowest BCUT2D eigenvalue weighted by Crippen LogP contribution is -2.35. The number of sulfonamides is 1. The zero-order valence-corrected chi connectivity index (χ0v) is 7.20. The number of hydrogen-bond acceptors (Lipinski definition) is 4. The molecule has 0 saturated heterocycles. The smallest absolute Gasteiger partial charge is 0.348 e. The van der Waals surface area contributed by atoms with Gasteiger partial charge in [-0.1, -0.05) is 0 Å². The first-order chi connectivity index (χ1) is 5.69. The number of rotatable bonds is 3.